The van der Waals surface area contributed by atoms with Crippen molar-refractivity contribution in [2.45, 2.75) is 99.1 Å². The molecule has 1 aliphatic rings. The molecule has 19 nitrogen and oxygen atoms in total. The number of rotatable bonds is 20. The van der Waals surface area contributed by atoms with Gasteiger partial charge in [0.1, 0.15) is 41.1 Å². The minimum Gasteiger partial charge on any atom is -0.483 e. The Morgan fingerprint density at radius 1 is 0.729 bits per heavy atom. The number of aliphatic carboxylic acids is 1. The molecule has 5 heterocycles. The van der Waals surface area contributed by atoms with Crippen molar-refractivity contribution in [3.8, 4) is 32.6 Å². The number of methoxy groups -OCH3 is 1. The number of nitrogens with zero attached hydrogens (tertiary/aromatic N) is 6. The van der Waals surface area contributed by atoms with Crippen LogP contribution in [-0.2, 0) is 50.7 Å². The summed E-state index contributed by atoms with van der Waals surface area (Å²) in [5, 5.41) is 31.9. The molecule has 85 heavy (non-hydrogen) atoms. The van der Waals surface area contributed by atoms with Gasteiger partial charge in [0.15, 0.2) is 27.0 Å². The number of carbonyl (C=O) groups is 4. The summed E-state index contributed by atoms with van der Waals surface area (Å²) >= 11 is 2.36. The second kappa shape index (κ2) is 28.7. The monoisotopic (exact) mass is 1200 g/mol. The molecule has 1 atom stereocenters. The molecule has 23 heteroatoms. The van der Waals surface area contributed by atoms with Gasteiger partial charge in [-0.2, -0.15) is 0 Å². The fourth-order valence-corrected chi connectivity index (χ4v) is 10.2. The number of benzene rings is 4. The zero-order valence-electron chi connectivity index (χ0n) is 48.3. The average Bonchev–Trinajstić information content (AvgIpc) is 1.08. The van der Waals surface area contributed by atoms with Crippen LogP contribution in [0.15, 0.2) is 136 Å². The molecule has 0 fully saturated rings. The topological polar surface area (TPSA) is 244 Å². The number of hydrogen-bond acceptors (Lipinski definition) is 18. The zero-order valence-corrected chi connectivity index (χ0v) is 50.0. The Morgan fingerprint density at radius 2 is 1.22 bits per heavy atom. The summed E-state index contributed by atoms with van der Waals surface area (Å²) in [5.74, 6) is -4.08. The van der Waals surface area contributed by atoms with Gasteiger partial charge in [0, 0.05) is 37.7 Å². The van der Waals surface area contributed by atoms with E-state index in [1.165, 1.54) is 65.3 Å². The summed E-state index contributed by atoms with van der Waals surface area (Å²) in [6.45, 7) is 15.3. The van der Waals surface area contributed by atoms with Crippen molar-refractivity contribution in [2.24, 2.45) is 5.41 Å². The van der Waals surface area contributed by atoms with Crippen LogP contribution in [0.1, 0.15) is 109 Å². The molecule has 2 N–H and O–H groups in total. The van der Waals surface area contributed by atoms with Gasteiger partial charge < -0.3 is 43.3 Å². The Balaban J connectivity index is 0.000000207. The summed E-state index contributed by atoms with van der Waals surface area (Å²) in [4.78, 5) is 78.4. The first-order valence-electron chi connectivity index (χ1n) is 27.0. The average molecular weight is 1200 g/mol. The van der Waals surface area contributed by atoms with Gasteiger partial charge in [0.2, 0.25) is 16.6 Å². The SMILES string of the molecule is CC(C)N1C[C@](C)(C(=O)O)n2cc(-c3nnc(Cc4ccc(F)cc4)s3)c(=O)c(OCc3ccccc3)c2C1=O.CCOC(=O)c1occ(-c2nnc(Cc3ccc(F)cc3)s2)c(=O)c1OCc1ccccc1.COC(=O)C(C)(C)CNC(C)C. The number of pyridine rings is 1. The number of carboxylic acid groups (broad SMARTS) is 1. The van der Waals surface area contributed by atoms with Crippen LogP contribution in [0.4, 0.5) is 8.78 Å². The van der Waals surface area contributed by atoms with Gasteiger partial charge in [-0.15, -0.1) is 20.4 Å². The zero-order chi connectivity index (χ0) is 61.6. The third kappa shape index (κ3) is 16.1. The smallest absolute Gasteiger partial charge is 0.378 e. The summed E-state index contributed by atoms with van der Waals surface area (Å²) in [6, 6.07) is 30.5. The molecule has 1 aliphatic heterocycles. The van der Waals surface area contributed by atoms with E-state index >= 15 is 0 Å². The van der Waals surface area contributed by atoms with Crippen LogP contribution < -0.4 is 25.6 Å². The lowest BCUT2D eigenvalue weighted by Crippen LogP contribution is -2.58. The number of halogens is 2. The predicted octanol–water partition coefficient (Wildman–Crippen LogP) is 10.2. The molecule has 0 spiro atoms. The first kappa shape index (κ1) is 63.8. The van der Waals surface area contributed by atoms with Crippen molar-refractivity contribution in [3.05, 3.63) is 197 Å². The van der Waals surface area contributed by atoms with Crippen molar-refractivity contribution in [3.63, 3.8) is 0 Å². The maximum absolute atomic E-state index is 13.9. The number of fused-ring (bicyclic) bond motifs is 1. The van der Waals surface area contributed by atoms with Crippen molar-refractivity contribution >= 4 is 46.5 Å². The van der Waals surface area contributed by atoms with Crippen LogP contribution in [-0.4, -0.2) is 97.7 Å². The third-order valence-electron chi connectivity index (χ3n) is 13.2. The number of carboxylic acids is 1. The summed E-state index contributed by atoms with van der Waals surface area (Å²) in [5.41, 5.74) is 0.187. The van der Waals surface area contributed by atoms with Crippen LogP contribution in [0.5, 0.6) is 11.5 Å². The lowest BCUT2D eigenvalue weighted by atomic mass is 9.93. The number of carbonyl (C=O) groups excluding carboxylic acids is 3. The molecule has 8 aromatic rings. The van der Waals surface area contributed by atoms with Gasteiger partial charge in [0.05, 0.1) is 36.8 Å². The summed E-state index contributed by atoms with van der Waals surface area (Å²) < 4.78 is 54.6. The predicted molar refractivity (Wildman–Crippen MR) is 316 cm³/mol. The normalized spacial score (nSPS) is 13.7. The molecular formula is C62H65F2N7O12S2. The molecule has 0 unspecified atom stereocenters. The van der Waals surface area contributed by atoms with Crippen LogP contribution in [0.25, 0.3) is 21.1 Å². The van der Waals surface area contributed by atoms with Crippen molar-refractivity contribution in [2.75, 3.05) is 26.8 Å². The number of hydrogen-bond donors (Lipinski definition) is 2. The molecule has 4 aromatic heterocycles. The van der Waals surface area contributed by atoms with Crippen molar-refractivity contribution < 1.29 is 56.4 Å². The van der Waals surface area contributed by atoms with Crippen LogP contribution in [0.3, 0.4) is 0 Å². The molecule has 1 amide bonds. The largest absolute Gasteiger partial charge is 0.483 e. The van der Waals surface area contributed by atoms with E-state index in [1.54, 1.807) is 45.0 Å². The van der Waals surface area contributed by atoms with Crippen LogP contribution in [0, 0.1) is 17.0 Å². The van der Waals surface area contributed by atoms with E-state index in [0.717, 1.165) is 39.9 Å². The lowest BCUT2D eigenvalue weighted by Gasteiger charge is -2.43. The van der Waals surface area contributed by atoms with Gasteiger partial charge >= 0.3 is 17.9 Å². The van der Waals surface area contributed by atoms with E-state index in [4.69, 9.17) is 18.6 Å². The Morgan fingerprint density at radius 3 is 1.69 bits per heavy atom. The molecular weight excluding hydrogens is 1140 g/mol. The second-order valence-corrected chi connectivity index (χ2v) is 23.1. The quantitative estimate of drug-likeness (QED) is 0.0674. The molecule has 0 radical (unpaired) electrons. The Kier molecular flexibility index (Phi) is 21.5. The van der Waals surface area contributed by atoms with Gasteiger partial charge in [-0.25, -0.2) is 18.4 Å². The van der Waals surface area contributed by atoms with Gasteiger partial charge in [-0.05, 0) is 88.1 Å². The van der Waals surface area contributed by atoms with Crippen LogP contribution >= 0.6 is 22.7 Å². The summed E-state index contributed by atoms with van der Waals surface area (Å²) in [6.07, 6.45) is 3.34. The molecule has 0 saturated heterocycles. The minimum absolute atomic E-state index is 0.00276. The Bertz CT molecular complexity index is 3720. The van der Waals surface area contributed by atoms with Crippen LogP contribution in [0.2, 0.25) is 0 Å². The third-order valence-corrected chi connectivity index (χ3v) is 15.1. The second-order valence-electron chi connectivity index (χ2n) is 21.0. The first-order valence-corrected chi connectivity index (χ1v) is 28.6. The van der Waals surface area contributed by atoms with E-state index in [2.05, 4.69) is 30.4 Å². The number of esters is 2. The van der Waals surface area contributed by atoms with E-state index in [0.29, 0.717) is 40.5 Å². The minimum atomic E-state index is -1.58. The number of ether oxygens (including phenoxy) is 4. The van der Waals surface area contributed by atoms with Gasteiger partial charge in [-0.1, -0.05) is 121 Å². The highest BCUT2D eigenvalue weighted by Gasteiger charge is 2.48. The molecule has 9 rings (SSSR count). The summed E-state index contributed by atoms with van der Waals surface area (Å²) in [7, 11) is 1.42. The lowest BCUT2D eigenvalue weighted by molar-refractivity contribution is -0.150. The number of aromatic nitrogens is 5. The van der Waals surface area contributed by atoms with E-state index in [9.17, 15) is 42.7 Å². The Hall–Kier alpha value is -8.80. The van der Waals surface area contributed by atoms with Gasteiger partial charge in [-0.3, -0.25) is 19.2 Å². The van der Waals surface area contributed by atoms with E-state index in [1.807, 2.05) is 88.4 Å². The maximum Gasteiger partial charge on any atom is 0.378 e. The molecule has 446 valence electrons. The highest BCUT2D eigenvalue weighted by atomic mass is 32.1. The van der Waals surface area contributed by atoms with E-state index < -0.39 is 39.7 Å². The fourth-order valence-electron chi connectivity index (χ4n) is 8.43. The van der Waals surface area contributed by atoms with Gasteiger partial charge in [0.25, 0.3) is 11.7 Å². The number of amides is 1. The highest BCUT2D eigenvalue weighted by molar-refractivity contribution is 7.15. The molecule has 4 aromatic carbocycles. The Labute approximate surface area is 497 Å². The molecule has 0 saturated carbocycles. The van der Waals surface area contributed by atoms with Crippen molar-refractivity contribution in [1.82, 2.24) is 35.2 Å². The number of nitrogens with one attached hydrogen (secondary N) is 1. The standard InChI is InChI=1S/C29H27FN4O5S.C24H19FN2O5S.C9H19NO2/c1-17(2)33-16-29(3,28(37)38)34-14-21(26-32-31-22(40-26)13-18-9-11-20(30)12-10-18)24(35)25(23(34)27(33)36)39-15-19-7-5-4-6-8-19;1-2-30-24(29)22-21(31-13-16-6-4-3-5-7-16)20(28)18(14-32-22)23-27-26-19(33-23)12-15-8-10-17(25)11-9-15;1-7(2)10-6-9(3,4)8(11)12-5/h4-12,14,17H,13,15-16H2,1-3H3,(H,37,38);3-11,14H,2,12-13H2,1H3;7,10H,6H2,1-5H3/t29-;;/m1../s1. The first-order chi connectivity index (χ1) is 40.5. The molecule has 0 bridgehead atoms. The van der Waals surface area contributed by atoms with Crippen molar-refractivity contribution in [1.29, 1.82) is 0 Å². The maximum atomic E-state index is 13.9. The van der Waals surface area contributed by atoms with E-state index in [-0.39, 0.29) is 89.1 Å². The fraction of sp³-hybridized carbons (Fsp3) is 0.323. The molecule has 0 aliphatic carbocycles. The highest BCUT2D eigenvalue weighted by Crippen LogP contribution is 2.36.